The Bertz CT molecular complexity index is 2180. The number of benzene rings is 4. The number of nitrogens with zero attached hydrogens (tertiary/aromatic N) is 1. The van der Waals surface area contributed by atoms with Crippen molar-refractivity contribution in [3.8, 4) is 0 Å². The van der Waals surface area contributed by atoms with Crippen LogP contribution in [-0.4, -0.2) is 32.9 Å². The Balaban J connectivity index is 1.67. The summed E-state index contributed by atoms with van der Waals surface area (Å²) < 4.78 is 58.4. The molecule has 0 bridgehead atoms. The average molecular weight is 753 g/mol. The first-order chi connectivity index (χ1) is 21.8. The molecule has 14 heteroatoms. The summed E-state index contributed by atoms with van der Waals surface area (Å²) in [4.78, 5) is 14.0. The van der Waals surface area contributed by atoms with Gasteiger partial charge in [-0.05, 0) is 66.1 Å². The highest BCUT2D eigenvalue weighted by molar-refractivity contribution is 8.06. The summed E-state index contributed by atoms with van der Waals surface area (Å²) in [6.07, 6.45) is 0.0819. The van der Waals surface area contributed by atoms with Gasteiger partial charge in [-0.15, -0.1) is 0 Å². The second-order valence-electron chi connectivity index (χ2n) is 10.4. The molecular weight excluding hydrogens is 730 g/mol. The molecule has 0 saturated carbocycles. The van der Waals surface area contributed by atoms with Gasteiger partial charge in [-0.1, -0.05) is 107 Å². The first-order valence-electron chi connectivity index (χ1n) is 13.6. The smallest absolute Gasteiger partial charge is 0.247 e. The summed E-state index contributed by atoms with van der Waals surface area (Å²) in [5, 5.41) is 0.0539. The van der Waals surface area contributed by atoms with Crippen molar-refractivity contribution in [2.24, 2.45) is 5.73 Å². The van der Waals surface area contributed by atoms with Gasteiger partial charge in [0.2, 0.25) is 25.6 Å². The lowest BCUT2D eigenvalue weighted by Crippen LogP contribution is -2.40. The van der Waals surface area contributed by atoms with Crippen LogP contribution in [0.15, 0.2) is 128 Å². The van der Waals surface area contributed by atoms with E-state index in [0.717, 1.165) is 16.7 Å². The van der Waals surface area contributed by atoms with E-state index in [4.69, 9.17) is 52.1 Å². The highest BCUT2D eigenvalue weighted by atomic mass is 35.5. The molecule has 4 aromatic rings. The van der Waals surface area contributed by atoms with E-state index in [0.29, 0.717) is 15.6 Å². The van der Waals surface area contributed by atoms with Gasteiger partial charge in [0, 0.05) is 20.1 Å². The molecule has 2 aliphatic rings. The first-order valence-corrected chi connectivity index (χ1v) is 18.9. The van der Waals surface area contributed by atoms with Crippen molar-refractivity contribution in [1.82, 2.24) is 4.90 Å². The molecule has 236 valence electrons. The highest BCUT2D eigenvalue weighted by Crippen LogP contribution is 2.55. The Morgan fingerprint density at radius 2 is 1.22 bits per heavy atom. The predicted octanol–water partition coefficient (Wildman–Crippen LogP) is 7.83. The number of carbonyl (C=O) groups is 1. The number of fused-ring (bicyclic) bond motifs is 1. The maximum atomic E-state index is 14.7. The van der Waals surface area contributed by atoms with E-state index < -0.39 is 47.5 Å². The normalized spacial score (nSPS) is 18.7. The Hall–Kier alpha value is -2.96. The lowest BCUT2D eigenvalue weighted by molar-refractivity contribution is -0.126. The number of hydrogen-bond donors (Lipinski definition) is 1. The number of hydrogen-bond acceptors (Lipinski definition) is 7. The molecule has 1 fully saturated rings. The molecule has 2 aliphatic heterocycles. The van der Waals surface area contributed by atoms with Gasteiger partial charge in [0.1, 0.15) is 15.8 Å². The van der Waals surface area contributed by atoms with Gasteiger partial charge in [0.15, 0.2) is 0 Å². The molecule has 2 unspecified atom stereocenters. The van der Waals surface area contributed by atoms with Gasteiger partial charge in [0.05, 0.1) is 25.9 Å². The van der Waals surface area contributed by atoms with Gasteiger partial charge in [-0.2, -0.15) is 0 Å². The fraction of sp³-hybridized carbons (Fsp3) is 0.0938. The van der Waals surface area contributed by atoms with Crippen LogP contribution in [0.2, 0.25) is 20.1 Å². The molecule has 7 nitrogen and oxygen atoms in total. The fourth-order valence-corrected chi connectivity index (χ4v) is 11.6. The number of thioether (sulfide) groups is 1. The molecule has 2 N–H and O–H groups in total. The molecule has 4 aromatic carbocycles. The average Bonchev–Trinajstić information content (AvgIpc) is 3.34. The van der Waals surface area contributed by atoms with E-state index >= 15 is 0 Å². The lowest BCUT2D eigenvalue weighted by atomic mass is 9.95. The van der Waals surface area contributed by atoms with Crippen LogP contribution in [0.25, 0.3) is 0 Å². The largest absolute Gasteiger partial charge is 0.384 e. The summed E-state index contributed by atoms with van der Waals surface area (Å²) >= 11 is 26.4. The van der Waals surface area contributed by atoms with E-state index in [1.165, 1.54) is 60.7 Å². The van der Waals surface area contributed by atoms with E-state index in [-0.39, 0.29) is 41.8 Å². The zero-order valence-corrected chi connectivity index (χ0v) is 28.9. The summed E-state index contributed by atoms with van der Waals surface area (Å²) in [5.74, 6) is -2.57. The third kappa shape index (κ3) is 5.74. The van der Waals surface area contributed by atoms with E-state index in [2.05, 4.69) is 0 Å². The summed E-state index contributed by atoms with van der Waals surface area (Å²) in [6.45, 7) is 0. The molecule has 46 heavy (non-hydrogen) atoms. The number of amides is 1. The Morgan fingerprint density at radius 1 is 0.696 bits per heavy atom. The monoisotopic (exact) mass is 750 g/mol. The van der Waals surface area contributed by atoms with Crippen LogP contribution in [0.5, 0.6) is 0 Å². The molecule has 0 aromatic heterocycles. The molecule has 1 saturated heterocycles. The zero-order valence-electron chi connectivity index (χ0n) is 23.4. The molecule has 2 atom stereocenters. The second kappa shape index (κ2) is 12.6. The summed E-state index contributed by atoms with van der Waals surface area (Å²) in [5.41, 5.74) is 7.40. The van der Waals surface area contributed by atoms with Crippen LogP contribution in [-0.2, 0) is 30.9 Å². The highest BCUT2D eigenvalue weighted by Gasteiger charge is 2.53. The summed E-state index contributed by atoms with van der Waals surface area (Å²) in [6, 6.07) is 24.2. The van der Waals surface area contributed by atoms with Crippen molar-refractivity contribution < 1.29 is 21.6 Å². The third-order valence-electron chi connectivity index (χ3n) is 7.56. The predicted molar refractivity (Wildman–Crippen MR) is 183 cm³/mol. The molecule has 6 rings (SSSR count). The van der Waals surface area contributed by atoms with Gasteiger partial charge >= 0.3 is 0 Å². The molecule has 1 amide bonds. The number of allylic oxidation sites excluding steroid dienone is 2. The number of rotatable bonds is 7. The van der Waals surface area contributed by atoms with Gasteiger partial charge in [-0.3, -0.25) is 9.69 Å². The maximum absolute atomic E-state index is 14.7. The number of halogens is 4. The summed E-state index contributed by atoms with van der Waals surface area (Å²) in [7, 11) is -9.03. The maximum Gasteiger partial charge on any atom is 0.247 e. The first kappa shape index (κ1) is 33.0. The van der Waals surface area contributed by atoms with Gasteiger partial charge < -0.3 is 5.73 Å². The molecule has 2 heterocycles. The standard InChI is InChI=1S/C32H22Cl4N2O5S3/c33-19-12-11-18(24(35)16-19)15-26-31(39)38-30(37)28(45(40,41)21-7-3-1-4-8-21)27(23-14-13-20(34)17-25(23)36)29(32(38)44-26)46(42,43)22-9-5-2-6-10-22/h1-14,16-17,26-27H,15,37H2. The van der Waals surface area contributed by atoms with Crippen LogP contribution in [0, 0.1) is 0 Å². The van der Waals surface area contributed by atoms with Gasteiger partial charge in [-0.25, -0.2) is 16.8 Å². The zero-order chi connectivity index (χ0) is 33.0. The van der Waals surface area contributed by atoms with Crippen LogP contribution >= 0.6 is 58.2 Å². The van der Waals surface area contributed by atoms with Crippen molar-refractivity contribution in [2.45, 2.75) is 27.4 Å². The quantitative estimate of drug-likeness (QED) is 0.205. The van der Waals surface area contributed by atoms with Crippen LogP contribution in [0.1, 0.15) is 17.0 Å². The van der Waals surface area contributed by atoms with Crippen molar-refractivity contribution in [3.05, 3.63) is 149 Å². The van der Waals surface area contributed by atoms with Crippen LogP contribution in [0.4, 0.5) is 0 Å². The number of nitrogens with two attached hydrogens (primary N) is 1. The lowest BCUT2D eigenvalue weighted by Gasteiger charge is -2.34. The number of carbonyl (C=O) groups excluding carboxylic acids is 1. The SMILES string of the molecule is NC1=C(S(=O)(=O)c2ccccc2)C(c2ccc(Cl)cc2Cl)C(S(=O)(=O)c2ccccc2)=C2SC(Cc3ccc(Cl)cc3Cl)C(=O)N12. The van der Waals surface area contributed by atoms with Crippen LogP contribution < -0.4 is 5.73 Å². The fourth-order valence-electron chi connectivity index (χ4n) is 5.43. The van der Waals surface area contributed by atoms with E-state index in [9.17, 15) is 21.6 Å². The topological polar surface area (TPSA) is 115 Å². The molecule has 0 aliphatic carbocycles. The minimum atomic E-state index is -4.54. The Morgan fingerprint density at radius 3 is 1.76 bits per heavy atom. The van der Waals surface area contributed by atoms with E-state index in [1.54, 1.807) is 36.4 Å². The third-order valence-corrected chi connectivity index (χ3v) is 13.9. The number of sulfone groups is 2. The second-order valence-corrected chi connectivity index (χ2v) is 17.1. The molecule has 0 radical (unpaired) electrons. The minimum absolute atomic E-state index is 0.0136. The van der Waals surface area contributed by atoms with Crippen LogP contribution in [0.3, 0.4) is 0 Å². The minimum Gasteiger partial charge on any atom is -0.384 e. The van der Waals surface area contributed by atoms with Crippen molar-refractivity contribution in [1.29, 1.82) is 0 Å². The molecule has 0 spiro atoms. The Kier molecular flexibility index (Phi) is 9.01. The van der Waals surface area contributed by atoms with Gasteiger partial charge in [0.25, 0.3) is 0 Å². The van der Waals surface area contributed by atoms with E-state index in [1.807, 2.05) is 0 Å². The van der Waals surface area contributed by atoms with Crippen molar-refractivity contribution in [2.75, 3.05) is 0 Å². The Labute approximate surface area is 290 Å². The van der Waals surface area contributed by atoms with Crippen molar-refractivity contribution in [3.63, 3.8) is 0 Å². The molecular formula is C32H22Cl4N2O5S3. The van der Waals surface area contributed by atoms with Crippen molar-refractivity contribution >= 4 is 83.7 Å².